The van der Waals surface area contributed by atoms with Crippen LogP contribution in [0.25, 0.3) is 22.4 Å². The first-order valence-corrected chi connectivity index (χ1v) is 6.50. The quantitative estimate of drug-likeness (QED) is 0.799. The van der Waals surface area contributed by atoms with E-state index >= 15 is 0 Å². The van der Waals surface area contributed by atoms with Crippen LogP contribution in [0.3, 0.4) is 0 Å². The molecule has 0 radical (unpaired) electrons. The lowest BCUT2D eigenvalue weighted by Crippen LogP contribution is -1.90. The topological polar surface area (TPSA) is 50.8 Å². The van der Waals surface area contributed by atoms with Crippen molar-refractivity contribution in [2.24, 2.45) is 0 Å². The van der Waals surface area contributed by atoms with Crippen molar-refractivity contribution in [2.45, 2.75) is 6.92 Å². The molecule has 2 heterocycles. The van der Waals surface area contributed by atoms with Gasteiger partial charge in [0.1, 0.15) is 0 Å². The highest BCUT2D eigenvalue weighted by atomic mass is 19.1. The van der Waals surface area contributed by atoms with Gasteiger partial charge in [-0.2, -0.15) is 5.10 Å². The Hall–Kier alpha value is -2.69. The minimum atomic E-state index is -0.400. The van der Waals surface area contributed by atoms with Crippen molar-refractivity contribution < 1.29 is 9.13 Å². The maximum Gasteiger partial charge on any atom is 0.165 e. The molecule has 5 heteroatoms. The fourth-order valence-electron chi connectivity index (χ4n) is 2.34. The van der Waals surface area contributed by atoms with E-state index in [9.17, 15) is 4.39 Å². The average molecular weight is 283 g/mol. The maximum absolute atomic E-state index is 13.9. The van der Waals surface area contributed by atoms with Crippen molar-refractivity contribution in [1.82, 2.24) is 15.2 Å². The summed E-state index contributed by atoms with van der Waals surface area (Å²) in [5, 5.41) is 7.22. The van der Waals surface area contributed by atoms with Gasteiger partial charge in [-0.3, -0.25) is 10.1 Å². The van der Waals surface area contributed by atoms with Gasteiger partial charge in [-0.05, 0) is 42.8 Å². The number of hydrogen-bond acceptors (Lipinski definition) is 3. The van der Waals surface area contributed by atoms with Crippen molar-refractivity contribution in [3.05, 3.63) is 54.2 Å². The van der Waals surface area contributed by atoms with Crippen molar-refractivity contribution in [3.63, 3.8) is 0 Å². The number of benzene rings is 1. The number of rotatable bonds is 3. The van der Waals surface area contributed by atoms with Gasteiger partial charge in [0.15, 0.2) is 11.6 Å². The summed E-state index contributed by atoms with van der Waals surface area (Å²) in [6.07, 6.45) is 3.44. The van der Waals surface area contributed by atoms with Gasteiger partial charge in [-0.1, -0.05) is 0 Å². The zero-order valence-corrected chi connectivity index (χ0v) is 11.7. The van der Waals surface area contributed by atoms with E-state index in [-0.39, 0.29) is 5.75 Å². The number of aromatic nitrogens is 3. The number of aromatic amines is 1. The number of nitrogens with zero attached hydrogens (tertiary/aromatic N) is 2. The van der Waals surface area contributed by atoms with Gasteiger partial charge < -0.3 is 4.74 Å². The summed E-state index contributed by atoms with van der Waals surface area (Å²) in [6, 6.07) is 8.66. The van der Waals surface area contributed by atoms with Crippen LogP contribution in [0.5, 0.6) is 5.75 Å². The van der Waals surface area contributed by atoms with E-state index in [1.807, 2.05) is 19.1 Å². The van der Waals surface area contributed by atoms with Gasteiger partial charge in [0.05, 0.1) is 18.5 Å². The molecule has 1 N–H and O–H groups in total. The van der Waals surface area contributed by atoms with Gasteiger partial charge in [-0.15, -0.1) is 0 Å². The summed E-state index contributed by atoms with van der Waals surface area (Å²) >= 11 is 0. The molecule has 21 heavy (non-hydrogen) atoms. The van der Waals surface area contributed by atoms with Crippen LogP contribution in [-0.2, 0) is 0 Å². The molecule has 0 saturated heterocycles. The molecule has 4 nitrogen and oxygen atoms in total. The number of hydrogen-bond donors (Lipinski definition) is 1. The third-order valence-electron chi connectivity index (χ3n) is 3.36. The Labute approximate surface area is 121 Å². The zero-order chi connectivity index (χ0) is 14.8. The Bertz CT molecular complexity index is 768. The number of nitrogens with one attached hydrogen (secondary N) is 1. The largest absolute Gasteiger partial charge is 0.494 e. The second-order valence-electron chi connectivity index (χ2n) is 4.64. The van der Waals surface area contributed by atoms with Crippen LogP contribution >= 0.6 is 0 Å². The van der Waals surface area contributed by atoms with Crippen molar-refractivity contribution >= 4 is 0 Å². The molecule has 0 aliphatic carbocycles. The minimum Gasteiger partial charge on any atom is -0.494 e. The van der Waals surface area contributed by atoms with E-state index in [0.717, 1.165) is 28.1 Å². The number of methoxy groups -OCH3 is 1. The molecule has 3 rings (SSSR count). The molecule has 3 aromatic rings. The normalized spacial score (nSPS) is 10.6. The Kier molecular flexibility index (Phi) is 3.39. The summed E-state index contributed by atoms with van der Waals surface area (Å²) in [6.45, 7) is 1.91. The van der Waals surface area contributed by atoms with Gasteiger partial charge in [-0.25, -0.2) is 4.39 Å². The predicted molar refractivity (Wildman–Crippen MR) is 78.5 cm³/mol. The summed E-state index contributed by atoms with van der Waals surface area (Å²) < 4.78 is 18.9. The molecule has 0 aliphatic rings. The first kappa shape index (κ1) is 13.3. The molecule has 0 fully saturated rings. The van der Waals surface area contributed by atoms with Crippen molar-refractivity contribution in [2.75, 3.05) is 7.11 Å². The van der Waals surface area contributed by atoms with Crippen molar-refractivity contribution in [3.8, 4) is 28.1 Å². The summed E-state index contributed by atoms with van der Waals surface area (Å²) in [4.78, 5) is 4.02. The molecular formula is C16H14FN3O. The number of pyridine rings is 1. The van der Waals surface area contributed by atoms with Crippen LogP contribution in [0, 0.1) is 12.7 Å². The van der Waals surface area contributed by atoms with E-state index in [0.29, 0.717) is 0 Å². The molecule has 0 aliphatic heterocycles. The lowest BCUT2D eigenvalue weighted by molar-refractivity contribution is 0.386. The number of halogens is 1. The fraction of sp³-hybridized carbons (Fsp3) is 0.125. The predicted octanol–water partition coefficient (Wildman–Crippen LogP) is 3.59. The second kappa shape index (κ2) is 5.36. The van der Waals surface area contributed by atoms with E-state index in [2.05, 4.69) is 15.2 Å². The van der Waals surface area contributed by atoms with Crippen LogP contribution in [0.4, 0.5) is 4.39 Å². The Morgan fingerprint density at radius 2 is 1.86 bits per heavy atom. The highest BCUT2D eigenvalue weighted by molar-refractivity contribution is 5.82. The molecule has 0 atom stereocenters. The average Bonchev–Trinajstić information content (AvgIpc) is 2.90. The van der Waals surface area contributed by atoms with E-state index < -0.39 is 5.82 Å². The lowest BCUT2D eigenvalue weighted by atomic mass is 10.00. The fourth-order valence-corrected chi connectivity index (χ4v) is 2.34. The SMILES string of the molecule is COc1ccc(-c2[nH]nc(C)c2-c2ccncc2)cc1F. The number of ether oxygens (including phenoxy) is 1. The molecule has 0 spiro atoms. The van der Waals surface area contributed by atoms with Crippen LogP contribution in [0.15, 0.2) is 42.7 Å². The zero-order valence-electron chi connectivity index (χ0n) is 11.7. The van der Waals surface area contributed by atoms with Crippen LogP contribution in [0.1, 0.15) is 5.69 Å². The van der Waals surface area contributed by atoms with Crippen LogP contribution in [0.2, 0.25) is 0 Å². The molecule has 106 valence electrons. The minimum absolute atomic E-state index is 0.223. The third-order valence-corrected chi connectivity index (χ3v) is 3.36. The van der Waals surface area contributed by atoms with Crippen LogP contribution in [-0.4, -0.2) is 22.3 Å². The molecule has 0 unspecified atom stereocenters. The Morgan fingerprint density at radius 1 is 1.10 bits per heavy atom. The molecule has 2 aromatic heterocycles. The Morgan fingerprint density at radius 3 is 2.52 bits per heavy atom. The van der Waals surface area contributed by atoms with Gasteiger partial charge >= 0.3 is 0 Å². The van der Waals surface area contributed by atoms with Crippen molar-refractivity contribution in [1.29, 1.82) is 0 Å². The molecule has 0 amide bonds. The molecule has 1 aromatic carbocycles. The summed E-state index contributed by atoms with van der Waals surface area (Å²) in [5.74, 6) is -0.177. The lowest BCUT2D eigenvalue weighted by Gasteiger charge is -2.07. The van der Waals surface area contributed by atoms with Gasteiger partial charge in [0, 0.05) is 23.5 Å². The molecule has 0 saturated carbocycles. The third kappa shape index (κ3) is 2.38. The van der Waals surface area contributed by atoms with Crippen LogP contribution < -0.4 is 4.74 Å². The standard InChI is InChI=1S/C16H14FN3O/c1-10-15(11-5-7-18-8-6-11)16(20-19-10)12-3-4-14(21-2)13(17)9-12/h3-9H,1-2H3,(H,19,20). The first-order chi connectivity index (χ1) is 10.2. The smallest absolute Gasteiger partial charge is 0.165 e. The van der Waals surface area contributed by atoms with Gasteiger partial charge in [0.2, 0.25) is 0 Å². The van der Waals surface area contributed by atoms with E-state index in [1.165, 1.54) is 13.2 Å². The maximum atomic E-state index is 13.9. The number of aryl methyl sites for hydroxylation is 1. The highest BCUT2D eigenvalue weighted by Gasteiger charge is 2.15. The summed E-state index contributed by atoms with van der Waals surface area (Å²) in [5.41, 5.74) is 4.29. The summed E-state index contributed by atoms with van der Waals surface area (Å²) in [7, 11) is 1.45. The molecular weight excluding hydrogens is 269 g/mol. The highest BCUT2D eigenvalue weighted by Crippen LogP contribution is 2.34. The first-order valence-electron chi connectivity index (χ1n) is 6.50. The monoisotopic (exact) mass is 283 g/mol. The number of H-pyrrole nitrogens is 1. The Balaban J connectivity index is 2.14. The van der Waals surface area contributed by atoms with Gasteiger partial charge in [0.25, 0.3) is 0 Å². The van der Waals surface area contributed by atoms with E-state index in [1.54, 1.807) is 24.5 Å². The van der Waals surface area contributed by atoms with E-state index in [4.69, 9.17) is 4.74 Å². The second-order valence-corrected chi connectivity index (χ2v) is 4.64. The molecule has 0 bridgehead atoms.